The highest BCUT2D eigenvalue weighted by Crippen LogP contribution is 2.18. The Morgan fingerprint density at radius 3 is 2.35 bits per heavy atom. The first-order valence-corrected chi connectivity index (χ1v) is 8.18. The summed E-state index contributed by atoms with van der Waals surface area (Å²) < 4.78 is 27.9. The van der Waals surface area contributed by atoms with Crippen molar-refractivity contribution in [3.8, 4) is 0 Å². The van der Waals surface area contributed by atoms with Crippen molar-refractivity contribution in [1.29, 1.82) is 0 Å². The van der Waals surface area contributed by atoms with Crippen LogP contribution < -0.4 is 10.0 Å². The van der Waals surface area contributed by atoms with E-state index < -0.39 is 10.0 Å². The molecule has 1 aromatic rings. The molecular formula is C11H15IN2O2S. The van der Waals surface area contributed by atoms with E-state index in [-0.39, 0.29) is 5.25 Å². The molecule has 1 aromatic carbocycles. The van der Waals surface area contributed by atoms with E-state index in [0.717, 1.165) is 16.7 Å². The number of rotatable bonds is 3. The molecule has 1 aliphatic heterocycles. The third-order valence-corrected chi connectivity index (χ3v) is 5.42. The van der Waals surface area contributed by atoms with E-state index in [9.17, 15) is 8.42 Å². The minimum atomic E-state index is -3.24. The predicted molar refractivity (Wildman–Crippen MR) is 77.6 cm³/mol. The van der Waals surface area contributed by atoms with Crippen LogP contribution in [0.3, 0.4) is 0 Å². The third kappa shape index (κ3) is 3.56. The molecule has 4 nitrogen and oxygen atoms in total. The molecule has 0 bridgehead atoms. The topological polar surface area (TPSA) is 58.2 Å². The van der Waals surface area contributed by atoms with Crippen LogP contribution in [0.15, 0.2) is 24.3 Å². The fourth-order valence-electron chi connectivity index (χ4n) is 1.87. The predicted octanol–water partition coefficient (Wildman–Crippen LogP) is 1.78. The lowest BCUT2D eigenvalue weighted by Crippen LogP contribution is -2.38. The first kappa shape index (κ1) is 13.1. The van der Waals surface area contributed by atoms with Crippen LogP contribution in [0.5, 0.6) is 0 Å². The van der Waals surface area contributed by atoms with Crippen molar-refractivity contribution in [3.05, 3.63) is 27.8 Å². The van der Waals surface area contributed by atoms with Crippen LogP contribution in [-0.2, 0) is 10.0 Å². The van der Waals surface area contributed by atoms with Crippen molar-refractivity contribution in [1.82, 2.24) is 5.32 Å². The number of piperidine rings is 1. The van der Waals surface area contributed by atoms with E-state index in [1.165, 1.54) is 0 Å². The molecule has 0 aliphatic carbocycles. The summed E-state index contributed by atoms with van der Waals surface area (Å²) in [6, 6.07) is 7.36. The van der Waals surface area contributed by atoms with Gasteiger partial charge in [0.1, 0.15) is 0 Å². The standard InChI is InChI=1S/C11H15IN2O2S/c12-9-1-3-10(4-2-9)14-17(15,16)11-5-7-13-8-6-11/h1-4,11,13-14H,5-8H2. The fraction of sp³-hybridized carbons (Fsp3) is 0.455. The molecule has 1 saturated heterocycles. The largest absolute Gasteiger partial charge is 0.317 e. The Morgan fingerprint density at radius 2 is 1.76 bits per heavy atom. The minimum absolute atomic E-state index is 0.275. The van der Waals surface area contributed by atoms with Crippen LogP contribution in [-0.4, -0.2) is 26.8 Å². The number of hydrogen-bond donors (Lipinski definition) is 2. The van der Waals surface area contributed by atoms with Crippen LogP contribution in [0.25, 0.3) is 0 Å². The summed E-state index contributed by atoms with van der Waals surface area (Å²) in [4.78, 5) is 0. The van der Waals surface area contributed by atoms with Gasteiger partial charge in [-0.25, -0.2) is 8.42 Å². The molecule has 2 rings (SSSR count). The lowest BCUT2D eigenvalue weighted by atomic mass is 10.2. The molecule has 0 radical (unpaired) electrons. The van der Waals surface area contributed by atoms with Gasteiger partial charge in [0.25, 0.3) is 0 Å². The Hall–Kier alpha value is -0.340. The maximum absolute atomic E-state index is 12.1. The van der Waals surface area contributed by atoms with E-state index in [0.29, 0.717) is 18.5 Å². The molecule has 0 saturated carbocycles. The quantitative estimate of drug-likeness (QED) is 0.802. The van der Waals surface area contributed by atoms with Gasteiger partial charge < -0.3 is 5.32 Å². The number of nitrogens with one attached hydrogen (secondary N) is 2. The second-order valence-corrected chi connectivity index (χ2v) is 7.31. The highest BCUT2D eigenvalue weighted by Gasteiger charge is 2.26. The average molecular weight is 366 g/mol. The van der Waals surface area contributed by atoms with Gasteiger partial charge in [0.15, 0.2) is 0 Å². The zero-order valence-electron chi connectivity index (χ0n) is 9.32. The van der Waals surface area contributed by atoms with Crippen molar-refractivity contribution in [2.24, 2.45) is 0 Å². The van der Waals surface area contributed by atoms with Gasteiger partial charge in [-0.15, -0.1) is 0 Å². The van der Waals surface area contributed by atoms with Gasteiger partial charge in [0.2, 0.25) is 10.0 Å². The molecule has 2 N–H and O–H groups in total. The zero-order chi connectivity index (χ0) is 12.3. The second-order valence-electron chi connectivity index (χ2n) is 4.10. The van der Waals surface area contributed by atoms with Crippen molar-refractivity contribution in [3.63, 3.8) is 0 Å². The summed E-state index contributed by atoms with van der Waals surface area (Å²) >= 11 is 2.19. The van der Waals surface area contributed by atoms with Gasteiger partial charge in [0, 0.05) is 9.26 Å². The van der Waals surface area contributed by atoms with E-state index in [1.54, 1.807) is 12.1 Å². The van der Waals surface area contributed by atoms with E-state index >= 15 is 0 Å². The highest BCUT2D eigenvalue weighted by atomic mass is 127. The summed E-state index contributed by atoms with van der Waals surface area (Å²) in [5, 5.41) is 2.89. The van der Waals surface area contributed by atoms with Crippen LogP contribution in [0.2, 0.25) is 0 Å². The number of halogens is 1. The van der Waals surface area contributed by atoms with Gasteiger partial charge >= 0.3 is 0 Å². The normalized spacial score (nSPS) is 17.9. The first-order chi connectivity index (χ1) is 8.08. The number of sulfonamides is 1. The highest BCUT2D eigenvalue weighted by molar-refractivity contribution is 14.1. The Labute approximate surface area is 115 Å². The van der Waals surface area contributed by atoms with Crippen LogP contribution in [0.1, 0.15) is 12.8 Å². The van der Waals surface area contributed by atoms with E-state index in [2.05, 4.69) is 32.6 Å². The van der Waals surface area contributed by atoms with Gasteiger partial charge in [0.05, 0.1) is 5.25 Å². The van der Waals surface area contributed by atoms with Crippen LogP contribution >= 0.6 is 22.6 Å². The second kappa shape index (κ2) is 5.53. The molecular weight excluding hydrogens is 351 g/mol. The maximum Gasteiger partial charge on any atom is 0.235 e. The molecule has 0 unspecified atom stereocenters. The van der Waals surface area contributed by atoms with Crippen molar-refractivity contribution >= 4 is 38.3 Å². The molecule has 1 fully saturated rings. The summed E-state index contributed by atoms with van der Waals surface area (Å²) in [7, 11) is -3.24. The van der Waals surface area contributed by atoms with Crippen LogP contribution in [0.4, 0.5) is 5.69 Å². The SMILES string of the molecule is O=S(=O)(Nc1ccc(I)cc1)C1CCNCC1. The molecule has 1 aliphatic rings. The summed E-state index contributed by atoms with van der Waals surface area (Å²) in [6.07, 6.45) is 1.36. The fourth-order valence-corrected chi connectivity index (χ4v) is 3.72. The van der Waals surface area contributed by atoms with Gasteiger partial charge in [-0.05, 0) is 72.8 Å². The summed E-state index contributed by atoms with van der Waals surface area (Å²) in [5.41, 5.74) is 0.643. The lowest BCUT2D eigenvalue weighted by molar-refractivity contribution is 0.499. The molecule has 94 valence electrons. The number of anilines is 1. The first-order valence-electron chi connectivity index (χ1n) is 5.56. The van der Waals surface area contributed by atoms with Crippen molar-refractivity contribution < 1.29 is 8.42 Å². The molecule has 17 heavy (non-hydrogen) atoms. The minimum Gasteiger partial charge on any atom is -0.317 e. The van der Waals surface area contributed by atoms with Crippen molar-refractivity contribution in [2.45, 2.75) is 18.1 Å². The molecule has 1 heterocycles. The molecule has 6 heteroatoms. The molecule has 0 spiro atoms. The lowest BCUT2D eigenvalue weighted by Gasteiger charge is -2.23. The Balaban J connectivity index is 2.08. The summed E-state index contributed by atoms with van der Waals surface area (Å²) in [5.74, 6) is 0. The Bertz CT molecular complexity index is 467. The summed E-state index contributed by atoms with van der Waals surface area (Å²) in [6.45, 7) is 1.55. The Kier molecular flexibility index (Phi) is 4.26. The smallest absolute Gasteiger partial charge is 0.235 e. The van der Waals surface area contributed by atoms with E-state index in [1.807, 2.05) is 12.1 Å². The molecule has 0 atom stereocenters. The average Bonchev–Trinajstić information content (AvgIpc) is 2.33. The van der Waals surface area contributed by atoms with Crippen LogP contribution in [0, 0.1) is 3.57 Å². The molecule has 0 amide bonds. The Morgan fingerprint density at radius 1 is 1.18 bits per heavy atom. The van der Waals surface area contributed by atoms with Crippen molar-refractivity contribution in [2.75, 3.05) is 17.8 Å². The monoisotopic (exact) mass is 366 g/mol. The van der Waals surface area contributed by atoms with Gasteiger partial charge in [-0.2, -0.15) is 0 Å². The maximum atomic E-state index is 12.1. The van der Waals surface area contributed by atoms with Gasteiger partial charge in [-0.1, -0.05) is 0 Å². The molecule has 0 aromatic heterocycles. The number of benzene rings is 1. The van der Waals surface area contributed by atoms with E-state index in [4.69, 9.17) is 0 Å². The zero-order valence-corrected chi connectivity index (χ0v) is 12.3. The third-order valence-electron chi connectivity index (χ3n) is 2.83. The van der Waals surface area contributed by atoms with Gasteiger partial charge in [-0.3, -0.25) is 4.72 Å². The number of hydrogen-bond acceptors (Lipinski definition) is 3.